The van der Waals surface area contributed by atoms with Crippen molar-refractivity contribution in [1.82, 2.24) is 9.62 Å². The van der Waals surface area contributed by atoms with Crippen LogP contribution in [0.3, 0.4) is 0 Å². The summed E-state index contributed by atoms with van der Waals surface area (Å²) >= 11 is 0. The molecule has 2 aromatic rings. The van der Waals surface area contributed by atoms with Gasteiger partial charge in [0.2, 0.25) is 0 Å². The largest absolute Gasteiger partial charge is 0.526 e. The summed E-state index contributed by atoms with van der Waals surface area (Å²) in [6.45, 7) is -0.927. The second-order valence-electron chi connectivity index (χ2n) is 5.66. The van der Waals surface area contributed by atoms with Crippen molar-refractivity contribution in [2.75, 3.05) is 6.54 Å². The number of carbonyl (C=O) groups is 1. The van der Waals surface area contributed by atoms with Gasteiger partial charge in [-0.05, 0) is 17.2 Å². The number of para-hydroxylation sites is 1. The van der Waals surface area contributed by atoms with E-state index < -0.39 is 38.0 Å². The number of nitro benzene ring substituents is 1. The quantitative estimate of drug-likeness (QED) is 0.167. The minimum atomic E-state index is -4.45. The third-order valence-electron chi connectivity index (χ3n) is 3.74. The van der Waals surface area contributed by atoms with Crippen LogP contribution in [-0.4, -0.2) is 41.7 Å². The summed E-state index contributed by atoms with van der Waals surface area (Å²) in [7, 11) is -4.45. The molecule has 12 heteroatoms. The Morgan fingerprint density at radius 1 is 1.14 bits per heavy atom. The minimum absolute atomic E-state index is 0. The molecule has 0 aliphatic carbocycles. The Hall–Kier alpha value is -4.31. The first-order valence-corrected chi connectivity index (χ1v) is 9.33. The smallest absolute Gasteiger partial charge is 0.318 e. The van der Waals surface area contributed by atoms with E-state index in [0.29, 0.717) is 9.87 Å². The number of carbonyl (C=O) groups excluding carboxylic acids is 1. The number of sulfonamides is 1. The van der Waals surface area contributed by atoms with E-state index in [2.05, 4.69) is 5.32 Å². The number of nitro groups is 1. The van der Waals surface area contributed by atoms with Crippen LogP contribution in [0, 0.1) is 10.1 Å². The van der Waals surface area contributed by atoms with Crippen LogP contribution in [0.5, 0.6) is 0 Å². The SMILES string of the molecule is O=[C-]NCc1ccc(CN(CC(=O)O)S(=O)(=O)c2ccccc2[N+](=O)[O-])cc1.[Fm]. The van der Waals surface area contributed by atoms with E-state index in [9.17, 15) is 28.1 Å². The third kappa shape index (κ3) is 5.58. The van der Waals surface area contributed by atoms with Crippen LogP contribution >= 0.6 is 0 Å². The maximum Gasteiger partial charge on any atom is 0.318 e. The van der Waals surface area contributed by atoms with Crippen LogP contribution in [0.1, 0.15) is 11.1 Å². The number of rotatable bonds is 10. The number of hydrogen-bond donors (Lipinski definition) is 2. The minimum Gasteiger partial charge on any atom is -0.526 e. The summed E-state index contributed by atoms with van der Waals surface area (Å²) in [5.41, 5.74) is 0.574. The van der Waals surface area contributed by atoms with Gasteiger partial charge in [-0.25, -0.2) is 8.42 Å². The molecule has 0 bridgehead atoms. The molecule has 160 valence electrons. The van der Waals surface area contributed by atoms with Crippen molar-refractivity contribution in [2.24, 2.45) is 0 Å². The van der Waals surface area contributed by atoms with E-state index in [4.69, 9.17) is 5.11 Å². The monoisotopic (exact) mass is 663 g/mol. The maximum absolute atomic E-state index is 12.9. The van der Waals surface area contributed by atoms with Gasteiger partial charge in [0.25, 0.3) is 15.7 Å². The van der Waals surface area contributed by atoms with Crippen LogP contribution in [-0.2, 0) is 32.7 Å². The molecule has 0 atom stereocenters. The Bertz CT molecular complexity index is 981. The van der Waals surface area contributed by atoms with Gasteiger partial charge in [0.15, 0.2) is 4.90 Å². The van der Waals surface area contributed by atoms with Gasteiger partial charge in [0.1, 0.15) is 6.54 Å². The van der Waals surface area contributed by atoms with Gasteiger partial charge >= 0.3 is 5.97 Å². The molecule has 0 saturated carbocycles. The van der Waals surface area contributed by atoms with E-state index in [1.54, 1.807) is 24.3 Å². The fourth-order valence-electron chi connectivity index (χ4n) is 2.45. The summed E-state index contributed by atoms with van der Waals surface area (Å²) in [6.07, 6.45) is 1.53. The first kappa shape index (κ1) is 22.7. The van der Waals surface area contributed by atoms with Gasteiger partial charge in [-0.2, -0.15) is 10.7 Å². The van der Waals surface area contributed by atoms with Gasteiger partial charge in [-0.1, -0.05) is 36.4 Å². The van der Waals surface area contributed by atoms with Gasteiger partial charge in [-0.3, -0.25) is 14.9 Å². The molecule has 0 saturated heterocycles. The zero-order valence-corrected chi connectivity index (χ0v) is 17.9. The first-order valence-electron chi connectivity index (χ1n) is 7.89. The van der Waals surface area contributed by atoms with Gasteiger partial charge in [0, 0.05) is 19.2 Å². The number of carboxylic acid groups (broad SMARTS) is 1. The number of amides is 1. The first-order chi connectivity index (χ1) is 13.3. The standard InChI is InChI=1S/C17H16N3O7S.Fm/c21-12-18-9-13-5-7-14(8-6-13)10-19(11-17(22)23)28(26,27)16-4-2-1-3-15(16)20(24)25;/h1-8H,9-11H2,(H,18,21)(H,22,23);/q-1;. The summed E-state index contributed by atoms with van der Waals surface area (Å²) in [5, 5.41) is 22.6. The Morgan fingerprint density at radius 3 is 2.28 bits per heavy atom. The van der Waals surface area contributed by atoms with E-state index in [1.807, 2.05) is 0 Å². The molecule has 0 unspecified atom stereocenters. The number of carboxylic acids is 1. The molecule has 29 heavy (non-hydrogen) atoms. The zero-order valence-electron chi connectivity index (χ0n) is 14.7. The van der Waals surface area contributed by atoms with Crippen molar-refractivity contribution >= 4 is 28.1 Å². The maximum atomic E-state index is 12.9. The van der Waals surface area contributed by atoms with Crippen molar-refractivity contribution < 1.29 is 28.0 Å². The molecule has 0 aliphatic rings. The Morgan fingerprint density at radius 2 is 1.72 bits per heavy atom. The Kier molecular flexibility index (Phi) is 7.51. The average molecular weight is 663 g/mol. The van der Waals surface area contributed by atoms with Crippen molar-refractivity contribution in [3.05, 3.63) is 69.8 Å². The fourth-order valence-corrected chi connectivity index (χ4v) is 3.98. The Balaban J connectivity index is 0.00000420. The molecule has 10 nitrogen and oxygen atoms in total. The summed E-state index contributed by atoms with van der Waals surface area (Å²) in [5.74, 6) is -1.40. The van der Waals surface area contributed by atoms with E-state index in [1.165, 1.54) is 18.5 Å². The molecule has 0 aromatic heterocycles. The molecule has 0 spiro atoms. The molecule has 0 heterocycles. The van der Waals surface area contributed by atoms with Crippen LogP contribution in [0.25, 0.3) is 0 Å². The second-order valence-corrected chi connectivity index (χ2v) is 7.57. The van der Waals surface area contributed by atoms with E-state index >= 15 is 0 Å². The van der Waals surface area contributed by atoms with Crippen LogP contribution in [0.2, 0.25) is 0 Å². The number of benzene rings is 2. The predicted octanol–water partition coefficient (Wildman–Crippen LogP) is 1.03. The predicted molar refractivity (Wildman–Crippen MR) is 97.3 cm³/mol. The van der Waals surface area contributed by atoms with Crippen LogP contribution < -0.4 is 5.32 Å². The molecule has 2 N–H and O–H groups in total. The number of hydrogen-bond acceptors (Lipinski definition) is 6. The van der Waals surface area contributed by atoms with Crippen molar-refractivity contribution in [2.45, 2.75) is 18.0 Å². The van der Waals surface area contributed by atoms with Gasteiger partial charge in [0.05, 0.1) is 4.92 Å². The summed E-state index contributed by atoms with van der Waals surface area (Å²) < 4.78 is 26.5. The molecule has 0 fully saturated rings. The third-order valence-corrected chi connectivity index (χ3v) is 5.58. The topological polar surface area (TPSA) is 147 Å². The molecule has 0 radical (unpaired) electrons. The van der Waals surface area contributed by atoms with Crippen LogP contribution in [0.15, 0.2) is 53.4 Å². The molecule has 0 aliphatic heterocycles. The fraction of sp³-hybridized carbons (Fsp3) is 0.176. The number of nitrogens with zero attached hydrogens (tertiary/aromatic N) is 2. The van der Waals surface area contributed by atoms with Crippen LogP contribution in [0.4, 0.5) is 5.69 Å². The number of nitrogens with one attached hydrogen (secondary N) is 1. The molecule has 2 aromatic carbocycles. The van der Waals surface area contributed by atoms with E-state index in [0.717, 1.165) is 17.7 Å². The van der Waals surface area contributed by atoms with E-state index in [-0.39, 0.29) is 13.1 Å². The summed E-state index contributed by atoms with van der Waals surface area (Å²) in [4.78, 5) is 31.1. The van der Waals surface area contributed by atoms with Gasteiger partial charge in [-0.15, -0.1) is 0 Å². The molecule has 1 amide bonds. The second kappa shape index (κ2) is 9.58. The van der Waals surface area contributed by atoms with Crippen molar-refractivity contribution in [3.8, 4) is 0 Å². The normalized spacial score (nSPS) is 10.8. The Labute approximate surface area is 160 Å². The van der Waals surface area contributed by atoms with Crippen molar-refractivity contribution in [1.29, 1.82) is 0 Å². The van der Waals surface area contributed by atoms with Gasteiger partial charge < -0.3 is 15.2 Å². The zero-order chi connectivity index (χ0) is 20.7. The molecule has 2 rings (SSSR count). The number of aliphatic carboxylic acids is 1. The van der Waals surface area contributed by atoms with Crippen molar-refractivity contribution in [3.63, 3.8) is 0 Å². The average Bonchev–Trinajstić information content (AvgIpc) is 2.66. The molecular weight excluding hydrogens is 647 g/mol. The summed E-state index contributed by atoms with van der Waals surface area (Å²) in [6, 6.07) is 11.2. The molecular formula is C17H16FmN3O7S-.